The number of allylic oxidation sites excluding steroid dienone is 2. The van der Waals surface area contributed by atoms with E-state index in [1.54, 1.807) is 0 Å². The second-order valence-electron chi connectivity index (χ2n) is 8.16. The molecule has 35 heavy (non-hydrogen) atoms. The molecule has 0 bridgehead atoms. The zero-order valence-electron chi connectivity index (χ0n) is 20.2. The summed E-state index contributed by atoms with van der Waals surface area (Å²) in [5.41, 5.74) is 1.91. The molecule has 0 heterocycles. The van der Waals surface area contributed by atoms with Gasteiger partial charge in [0.2, 0.25) is 0 Å². The maximum atomic E-state index is 11.7. The highest BCUT2D eigenvalue weighted by molar-refractivity contribution is 6.30. The van der Waals surface area contributed by atoms with Gasteiger partial charge >= 0.3 is 11.9 Å². The molecule has 0 radical (unpaired) electrons. The van der Waals surface area contributed by atoms with E-state index in [1.807, 2.05) is 44.2 Å². The number of hydrogen-bond acceptors (Lipinski definition) is 6. The standard InChI is InChI=1S/C28H31ClO6/c1-5-19(34-25(30)7-3)16-32-27-21-11-9-10-12-22(21)28(24-15-18(29)13-14-23(24)27)33-17-20(6-2)35-26(31)8-4/h7-13,19-20H,3-6,14-17H2,1-2H3. The summed E-state index contributed by atoms with van der Waals surface area (Å²) < 4.78 is 23.4. The van der Waals surface area contributed by atoms with Crippen LogP contribution in [0.15, 0.2) is 60.7 Å². The molecule has 3 rings (SSSR count). The van der Waals surface area contributed by atoms with E-state index < -0.39 is 24.1 Å². The molecule has 2 atom stereocenters. The first kappa shape index (κ1) is 26.4. The lowest BCUT2D eigenvalue weighted by Crippen LogP contribution is -2.25. The van der Waals surface area contributed by atoms with Gasteiger partial charge in [0, 0.05) is 45.5 Å². The third kappa shape index (κ3) is 6.45. The summed E-state index contributed by atoms with van der Waals surface area (Å²) in [6, 6.07) is 7.81. The molecule has 0 aliphatic heterocycles. The number of benzene rings is 2. The van der Waals surface area contributed by atoms with Crippen LogP contribution in [0.5, 0.6) is 11.5 Å². The topological polar surface area (TPSA) is 71.1 Å². The van der Waals surface area contributed by atoms with Crippen LogP contribution in [-0.2, 0) is 31.9 Å². The van der Waals surface area contributed by atoms with Gasteiger partial charge in [-0.1, -0.05) is 68.9 Å². The Morgan fingerprint density at radius 2 is 1.40 bits per heavy atom. The number of esters is 2. The molecule has 2 aromatic rings. The lowest BCUT2D eigenvalue weighted by atomic mass is 9.90. The monoisotopic (exact) mass is 498 g/mol. The number of rotatable bonds is 12. The van der Waals surface area contributed by atoms with E-state index in [0.717, 1.165) is 44.8 Å². The van der Waals surface area contributed by atoms with Crippen LogP contribution in [0.3, 0.4) is 0 Å². The first-order chi connectivity index (χ1) is 16.9. The molecule has 0 N–H and O–H groups in total. The van der Waals surface area contributed by atoms with Crippen molar-refractivity contribution in [2.24, 2.45) is 0 Å². The van der Waals surface area contributed by atoms with Crippen LogP contribution in [0.2, 0.25) is 0 Å². The Kier molecular flexibility index (Phi) is 9.38. The van der Waals surface area contributed by atoms with E-state index >= 15 is 0 Å². The second kappa shape index (κ2) is 12.5. The minimum Gasteiger partial charge on any atom is -0.489 e. The van der Waals surface area contributed by atoms with Gasteiger partial charge in [0.1, 0.15) is 36.9 Å². The Morgan fingerprint density at radius 1 is 0.914 bits per heavy atom. The molecule has 0 aromatic heterocycles. The minimum absolute atomic E-state index is 0.198. The fourth-order valence-corrected chi connectivity index (χ4v) is 4.12. The maximum Gasteiger partial charge on any atom is 0.330 e. The lowest BCUT2D eigenvalue weighted by molar-refractivity contribution is -0.145. The van der Waals surface area contributed by atoms with Crippen molar-refractivity contribution in [1.82, 2.24) is 0 Å². The van der Waals surface area contributed by atoms with Gasteiger partial charge in [-0.05, 0) is 19.3 Å². The normalized spacial score (nSPS) is 14.2. The van der Waals surface area contributed by atoms with E-state index in [-0.39, 0.29) is 13.2 Å². The molecule has 0 fully saturated rings. The average molecular weight is 499 g/mol. The Bertz CT molecular complexity index is 1140. The van der Waals surface area contributed by atoms with Gasteiger partial charge in [-0.2, -0.15) is 0 Å². The van der Waals surface area contributed by atoms with Crippen LogP contribution in [0.1, 0.15) is 37.8 Å². The van der Waals surface area contributed by atoms with Crippen molar-refractivity contribution in [3.8, 4) is 11.5 Å². The van der Waals surface area contributed by atoms with Gasteiger partial charge in [0.25, 0.3) is 0 Å². The van der Waals surface area contributed by atoms with Gasteiger partial charge < -0.3 is 18.9 Å². The van der Waals surface area contributed by atoms with Gasteiger partial charge in [0.05, 0.1) is 0 Å². The minimum atomic E-state index is -0.482. The first-order valence-corrected chi connectivity index (χ1v) is 12.1. The number of fused-ring (bicyclic) bond motifs is 2. The van der Waals surface area contributed by atoms with Crippen molar-refractivity contribution >= 4 is 34.3 Å². The quantitative estimate of drug-likeness (QED) is 0.270. The Morgan fingerprint density at radius 3 is 1.86 bits per heavy atom. The van der Waals surface area contributed by atoms with E-state index in [0.29, 0.717) is 31.4 Å². The average Bonchev–Trinajstić information content (AvgIpc) is 2.88. The van der Waals surface area contributed by atoms with Crippen molar-refractivity contribution in [2.45, 2.75) is 51.7 Å². The van der Waals surface area contributed by atoms with E-state index in [4.69, 9.17) is 30.5 Å². The van der Waals surface area contributed by atoms with Crippen molar-refractivity contribution in [1.29, 1.82) is 0 Å². The fourth-order valence-electron chi connectivity index (χ4n) is 3.91. The van der Waals surface area contributed by atoms with Crippen LogP contribution >= 0.6 is 11.6 Å². The molecule has 6 nitrogen and oxygen atoms in total. The smallest absolute Gasteiger partial charge is 0.330 e. The van der Waals surface area contributed by atoms with Crippen LogP contribution in [0.25, 0.3) is 10.8 Å². The molecule has 1 aliphatic carbocycles. The third-order valence-corrected chi connectivity index (χ3v) is 6.13. The summed E-state index contributed by atoms with van der Waals surface area (Å²) in [6.45, 7) is 11.2. The molecule has 2 unspecified atom stereocenters. The number of ether oxygens (including phenoxy) is 4. The van der Waals surface area contributed by atoms with Crippen LogP contribution in [-0.4, -0.2) is 37.4 Å². The highest BCUT2D eigenvalue weighted by Gasteiger charge is 2.26. The molecule has 0 saturated heterocycles. The second-order valence-corrected chi connectivity index (χ2v) is 8.64. The summed E-state index contributed by atoms with van der Waals surface area (Å²) in [7, 11) is 0. The van der Waals surface area contributed by atoms with Gasteiger partial charge in [-0.3, -0.25) is 0 Å². The van der Waals surface area contributed by atoms with Crippen molar-refractivity contribution < 1.29 is 28.5 Å². The Labute approximate surface area is 211 Å². The molecule has 0 spiro atoms. The van der Waals surface area contributed by atoms with Crippen molar-refractivity contribution in [3.05, 3.63) is 71.8 Å². The zero-order chi connectivity index (χ0) is 25.4. The largest absolute Gasteiger partial charge is 0.489 e. The molecule has 2 aromatic carbocycles. The van der Waals surface area contributed by atoms with Crippen LogP contribution in [0.4, 0.5) is 0 Å². The Balaban J connectivity index is 1.99. The van der Waals surface area contributed by atoms with E-state index in [2.05, 4.69) is 13.2 Å². The first-order valence-electron chi connectivity index (χ1n) is 11.7. The van der Waals surface area contributed by atoms with E-state index in [1.165, 1.54) is 0 Å². The predicted octanol–water partition coefficient (Wildman–Crippen LogP) is 5.83. The molecular weight excluding hydrogens is 468 g/mol. The highest BCUT2D eigenvalue weighted by Crippen LogP contribution is 2.44. The summed E-state index contributed by atoms with van der Waals surface area (Å²) >= 11 is 6.44. The molecule has 186 valence electrons. The third-order valence-electron chi connectivity index (χ3n) is 5.84. The zero-order valence-corrected chi connectivity index (χ0v) is 20.9. The summed E-state index contributed by atoms with van der Waals surface area (Å²) in [5.74, 6) is 0.465. The van der Waals surface area contributed by atoms with Gasteiger partial charge in [-0.15, -0.1) is 0 Å². The molecule has 7 heteroatoms. The summed E-state index contributed by atoms with van der Waals surface area (Å²) in [6.07, 6.45) is 5.73. The summed E-state index contributed by atoms with van der Waals surface area (Å²) in [5, 5.41) is 2.47. The number of halogens is 1. The highest BCUT2D eigenvalue weighted by atomic mass is 35.5. The summed E-state index contributed by atoms with van der Waals surface area (Å²) in [4.78, 5) is 23.4. The number of carbonyl (C=O) groups excluding carboxylic acids is 2. The molecule has 1 aliphatic rings. The number of hydrogen-bond donors (Lipinski definition) is 0. The molecular formula is C28H31ClO6. The van der Waals surface area contributed by atoms with Crippen LogP contribution in [0, 0.1) is 0 Å². The van der Waals surface area contributed by atoms with Gasteiger partial charge in [0.15, 0.2) is 0 Å². The van der Waals surface area contributed by atoms with Crippen molar-refractivity contribution in [3.63, 3.8) is 0 Å². The molecule has 0 saturated carbocycles. The predicted molar refractivity (Wildman–Crippen MR) is 137 cm³/mol. The molecule has 0 amide bonds. The van der Waals surface area contributed by atoms with Gasteiger partial charge in [-0.25, -0.2) is 9.59 Å². The fraction of sp³-hybridized carbons (Fsp3) is 0.357. The maximum absolute atomic E-state index is 11.7. The number of carbonyl (C=O) groups is 2. The van der Waals surface area contributed by atoms with Crippen LogP contribution < -0.4 is 9.47 Å². The lowest BCUT2D eigenvalue weighted by Gasteiger charge is -2.26. The Hall–Kier alpha value is -3.25. The van der Waals surface area contributed by atoms with Crippen molar-refractivity contribution in [2.75, 3.05) is 13.2 Å². The van der Waals surface area contributed by atoms with E-state index in [9.17, 15) is 9.59 Å². The SMILES string of the molecule is C=CC(=O)OC(CC)COc1c2c(c(OCC(CC)OC(=O)C=C)c3ccccc13)CC(Cl)=CC2.